The molecule has 4 nitrogen and oxygen atoms in total. The van der Waals surface area contributed by atoms with Crippen LogP contribution in [0.15, 0.2) is 48.5 Å². The molecule has 1 N–H and O–H groups in total. The zero-order valence-corrected chi connectivity index (χ0v) is 14.6. The van der Waals surface area contributed by atoms with Crippen LogP contribution in [0.5, 0.6) is 11.5 Å². The van der Waals surface area contributed by atoms with E-state index in [1.807, 2.05) is 31.2 Å². The number of benzene rings is 2. The molecule has 2 aromatic carbocycles. The van der Waals surface area contributed by atoms with Gasteiger partial charge in [0, 0.05) is 6.54 Å². The zero-order chi connectivity index (χ0) is 18.1. The van der Waals surface area contributed by atoms with Crippen LogP contribution in [0.25, 0.3) is 0 Å². The summed E-state index contributed by atoms with van der Waals surface area (Å²) in [5.74, 6) is 0.832. The van der Waals surface area contributed by atoms with Gasteiger partial charge in [0.2, 0.25) is 0 Å². The van der Waals surface area contributed by atoms with Gasteiger partial charge in [0.25, 0.3) is 5.91 Å². The lowest BCUT2D eigenvalue weighted by molar-refractivity contribution is -0.127. The summed E-state index contributed by atoms with van der Waals surface area (Å²) in [6.45, 7) is 4.81. The van der Waals surface area contributed by atoms with Crippen LogP contribution in [-0.4, -0.2) is 25.2 Å². The largest absolute Gasteiger partial charge is 0.494 e. The maximum atomic E-state index is 12.9. The van der Waals surface area contributed by atoms with Crippen molar-refractivity contribution in [2.75, 3.05) is 13.2 Å². The fraction of sp³-hybridized carbons (Fsp3) is 0.350. The molecule has 25 heavy (non-hydrogen) atoms. The molecule has 5 heteroatoms. The van der Waals surface area contributed by atoms with Gasteiger partial charge in [-0.25, -0.2) is 4.39 Å². The molecule has 0 aliphatic rings. The Morgan fingerprint density at radius 2 is 1.88 bits per heavy atom. The molecule has 0 saturated heterocycles. The normalized spacial score (nSPS) is 11.6. The summed E-state index contributed by atoms with van der Waals surface area (Å²) in [5.41, 5.74) is 1.13. The van der Waals surface area contributed by atoms with Crippen LogP contribution < -0.4 is 14.8 Å². The van der Waals surface area contributed by atoms with E-state index >= 15 is 0 Å². The minimum absolute atomic E-state index is 0.192. The van der Waals surface area contributed by atoms with Crippen molar-refractivity contribution in [3.05, 3.63) is 59.9 Å². The van der Waals surface area contributed by atoms with Crippen molar-refractivity contribution in [3.8, 4) is 11.5 Å². The number of ether oxygens (including phenoxy) is 2. The smallest absolute Gasteiger partial charge is 0.260 e. The van der Waals surface area contributed by atoms with Gasteiger partial charge in [-0.15, -0.1) is 0 Å². The van der Waals surface area contributed by atoms with Crippen molar-refractivity contribution in [2.24, 2.45) is 0 Å². The number of nitrogens with one attached hydrogen (secondary N) is 1. The van der Waals surface area contributed by atoms with Crippen molar-refractivity contribution in [1.29, 1.82) is 0 Å². The highest BCUT2D eigenvalue weighted by Crippen LogP contribution is 2.19. The molecule has 0 aliphatic heterocycles. The van der Waals surface area contributed by atoms with E-state index in [1.165, 1.54) is 24.3 Å². The molecule has 0 aliphatic carbocycles. The fourth-order valence-electron chi connectivity index (χ4n) is 2.41. The number of hydrogen-bond donors (Lipinski definition) is 1. The average molecular weight is 345 g/mol. The molecule has 1 unspecified atom stereocenters. The molecule has 0 heterocycles. The third-order valence-corrected chi connectivity index (χ3v) is 3.69. The predicted octanol–water partition coefficient (Wildman–Crippen LogP) is 3.74. The number of carbonyl (C=O) groups is 1. The Morgan fingerprint density at radius 1 is 1.16 bits per heavy atom. The van der Waals surface area contributed by atoms with Gasteiger partial charge in [-0.1, -0.05) is 18.2 Å². The molecular formula is C20H24FNO3. The van der Waals surface area contributed by atoms with Crippen molar-refractivity contribution < 1.29 is 18.7 Å². The van der Waals surface area contributed by atoms with Gasteiger partial charge in [0.15, 0.2) is 6.10 Å². The number of para-hydroxylation sites is 1. The van der Waals surface area contributed by atoms with Crippen molar-refractivity contribution in [2.45, 2.75) is 32.8 Å². The van der Waals surface area contributed by atoms with Gasteiger partial charge in [-0.05, 0) is 62.6 Å². The summed E-state index contributed by atoms with van der Waals surface area (Å²) in [5, 5.41) is 2.86. The first-order valence-corrected chi connectivity index (χ1v) is 8.50. The van der Waals surface area contributed by atoms with E-state index in [9.17, 15) is 9.18 Å². The van der Waals surface area contributed by atoms with E-state index in [2.05, 4.69) is 5.32 Å². The molecule has 0 aromatic heterocycles. The SMILES string of the molecule is CCOc1ccccc1CCCNC(=O)C(C)Oc1ccc(F)cc1. The summed E-state index contributed by atoms with van der Waals surface area (Å²) in [6, 6.07) is 13.5. The maximum absolute atomic E-state index is 12.9. The molecule has 1 amide bonds. The Hall–Kier alpha value is -2.56. The molecular weight excluding hydrogens is 321 g/mol. The van der Waals surface area contributed by atoms with Gasteiger partial charge in [0.1, 0.15) is 17.3 Å². The van der Waals surface area contributed by atoms with Crippen LogP contribution in [0, 0.1) is 5.82 Å². The van der Waals surface area contributed by atoms with Gasteiger partial charge in [-0.3, -0.25) is 4.79 Å². The molecule has 0 saturated carbocycles. The van der Waals surface area contributed by atoms with Gasteiger partial charge < -0.3 is 14.8 Å². The monoisotopic (exact) mass is 345 g/mol. The zero-order valence-electron chi connectivity index (χ0n) is 14.6. The second-order valence-corrected chi connectivity index (χ2v) is 5.65. The van der Waals surface area contributed by atoms with Gasteiger partial charge in [0.05, 0.1) is 6.61 Å². The van der Waals surface area contributed by atoms with Crippen LogP contribution in [0.4, 0.5) is 4.39 Å². The second kappa shape index (κ2) is 9.67. The van der Waals surface area contributed by atoms with E-state index in [-0.39, 0.29) is 11.7 Å². The summed E-state index contributed by atoms with van der Waals surface area (Å²) < 4.78 is 24.0. The Kier molecular flexibility index (Phi) is 7.26. The van der Waals surface area contributed by atoms with E-state index in [4.69, 9.17) is 9.47 Å². The molecule has 0 spiro atoms. The van der Waals surface area contributed by atoms with Crippen molar-refractivity contribution in [1.82, 2.24) is 5.32 Å². The van der Waals surface area contributed by atoms with Crippen LogP contribution in [0.3, 0.4) is 0 Å². The molecule has 0 fully saturated rings. The molecule has 0 bridgehead atoms. The van der Waals surface area contributed by atoms with E-state index in [1.54, 1.807) is 6.92 Å². The summed E-state index contributed by atoms with van der Waals surface area (Å²) in [7, 11) is 0. The predicted molar refractivity (Wildman–Crippen MR) is 95.4 cm³/mol. The number of aryl methyl sites for hydroxylation is 1. The summed E-state index contributed by atoms with van der Waals surface area (Å²) in [4.78, 5) is 12.1. The molecule has 2 rings (SSSR count). The minimum Gasteiger partial charge on any atom is -0.494 e. The van der Waals surface area contributed by atoms with Crippen LogP contribution in [0.1, 0.15) is 25.8 Å². The van der Waals surface area contributed by atoms with Gasteiger partial charge in [-0.2, -0.15) is 0 Å². The average Bonchev–Trinajstić information content (AvgIpc) is 2.62. The fourth-order valence-corrected chi connectivity index (χ4v) is 2.41. The van der Waals surface area contributed by atoms with E-state index in [0.29, 0.717) is 18.9 Å². The lowest BCUT2D eigenvalue weighted by Gasteiger charge is -2.15. The Balaban J connectivity index is 1.74. The topological polar surface area (TPSA) is 47.6 Å². The quantitative estimate of drug-likeness (QED) is 0.704. The van der Waals surface area contributed by atoms with Crippen LogP contribution in [0.2, 0.25) is 0 Å². The summed E-state index contributed by atoms with van der Waals surface area (Å²) in [6.07, 6.45) is 0.990. The third-order valence-electron chi connectivity index (χ3n) is 3.69. The first kappa shape index (κ1) is 18.8. The second-order valence-electron chi connectivity index (χ2n) is 5.65. The van der Waals surface area contributed by atoms with Crippen LogP contribution in [-0.2, 0) is 11.2 Å². The van der Waals surface area contributed by atoms with Crippen molar-refractivity contribution in [3.63, 3.8) is 0 Å². The Bertz CT molecular complexity index is 673. The highest BCUT2D eigenvalue weighted by molar-refractivity contribution is 5.80. The molecule has 2 aromatic rings. The molecule has 1 atom stereocenters. The Morgan fingerprint density at radius 3 is 2.60 bits per heavy atom. The Labute approximate surface area is 148 Å². The molecule has 0 radical (unpaired) electrons. The van der Waals surface area contributed by atoms with E-state index < -0.39 is 6.10 Å². The van der Waals surface area contributed by atoms with Crippen LogP contribution >= 0.6 is 0 Å². The van der Waals surface area contributed by atoms with E-state index in [0.717, 1.165) is 24.2 Å². The summed E-state index contributed by atoms with van der Waals surface area (Å²) >= 11 is 0. The molecule has 134 valence electrons. The van der Waals surface area contributed by atoms with Gasteiger partial charge >= 0.3 is 0 Å². The third kappa shape index (κ3) is 6.10. The maximum Gasteiger partial charge on any atom is 0.260 e. The lowest BCUT2D eigenvalue weighted by Crippen LogP contribution is -2.36. The standard InChI is InChI=1S/C20H24FNO3/c1-3-24-19-9-5-4-7-16(19)8-6-14-22-20(23)15(2)25-18-12-10-17(21)11-13-18/h4-5,7,9-13,15H,3,6,8,14H2,1-2H3,(H,22,23). The highest BCUT2D eigenvalue weighted by atomic mass is 19.1. The minimum atomic E-state index is -0.638. The number of halogens is 1. The number of hydrogen-bond acceptors (Lipinski definition) is 3. The van der Waals surface area contributed by atoms with Crippen molar-refractivity contribution >= 4 is 5.91 Å². The lowest BCUT2D eigenvalue weighted by atomic mass is 10.1. The number of amides is 1. The number of carbonyl (C=O) groups excluding carboxylic acids is 1. The number of rotatable bonds is 9. The first-order chi connectivity index (χ1) is 12.1. The first-order valence-electron chi connectivity index (χ1n) is 8.50. The highest BCUT2D eigenvalue weighted by Gasteiger charge is 2.14.